The van der Waals surface area contributed by atoms with Crippen molar-refractivity contribution in [3.63, 3.8) is 0 Å². The van der Waals surface area contributed by atoms with Crippen LogP contribution >= 0.6 is 11.6 Å². The average Bonchev–Trinajstić information content (AvgIpc) is 2.14. The Balaban J connectivity index is 2.83. The third-order valence-electron chi connectivity index (χ3n) is 1.77. The second-order valence-corrected chi connectivity index (χ2v) is 3.20. The van der Waals surface area contributed by atoms with Crippen LogP contribution in [0.1, 0.15) is 15.9 Å². The zero-order valence-corrected chi connectivity index (χ0v) is 8.54. The van der Waals surface area contributed by atoms with Crippen LogP contribution in [0.3, 0.4) is 0 Å². The van der Waals surface area contributed by atoms with Crippen molar-refractivity contribution >= 4 is 17.6 Å². The number of hydrogen-bond acceptors (Lipinski definition) is 2. The van der Waals surface area contributed by atoms with Crippen LogP contribution in [-0.2, 0) is 0 Å². The number of aromatic carboxylic acids is 1. The molecule has 0 saturated heterocycles. The Morgan fingerprint density at radius 2 is 2.29 bits per heavy atom. The fourth-order valence-electron chi connectivity index (χ4n) is 1.12. The van der Waals surface area contributed by atoms with E-state index in [0.717, 1.165) is 0 Å². The Morgan fingerprint density at radius 1 is 1.57 bits per heavy atom. The Morgan fingerprint density at radius 3 is 2.79 bits per heavy atom. The molecule has 1 rings (SSSR count). The van der Waals surface area contributed by atoms with Crippen LogP contribution in [0.15, 0.2) is 18.2 Å². The van der Waals surface area contributed by atoms with E-state index in [0.29, 0.717) is 29.4 Å². The minimum Gasteiger partial charge on any atom is -0.492 e. The lowest BCUT2D eigenvalue weighted by Gasteiger charge is -2.06. The number of carboxylic acid groups (broad SMARTS) is 1. The highest BCUT2D eigenvalue weighted by Gasteiger charge is 2.07. The van der Waals surface area contributed by atoms with Gasteiger partial charge < -0.3 is 9.84 Å². The lowest BCUT2D eigenvalue weighted by Crippen LogP contribution is -2.02. The summed E-state index contributed by atoms with van der Waals surface area (Å²) in [5, 5.41) is 8.77. The lowest BCUT2D eigenvalue weighted by atomic mass is 10.1. The van der Waals surface area contributed by atoms with E-state index in [4.69, 9.17) is 21.4 Å². The summed E-state index contributed by atoms with van der Waals surface area (Å²) in [6, 6.07) is 4.85. The summed E-state index contributed by atoms with van der Waals surface area (Å²) in [6.07, 6.45) is 0. The number of halogens is 1. The van der Waals surface area contributed by atoms with E-state index >= 15 is 0 Å². The Hall–Kier alpha value is -1.22. The lowest BCUT2D eigenvalue weighted by molar-refractivity contribution is 0.0696. The molecule has 0 aliphatic carbocycles. The molecule has 0 atom stereocenters. The molecule has 0 radical (unpaired) electrons. The molecule has 14 heavy (non-hydrogen) atoms. The first-order valence-electron chi connectivity index (χ1n) is 4.18. The van der Waals surface area contributed by atoms with E-state index in [1.165, 1.54) is 6.07 Å². The molecule has 0 fully saturated rings. The summed E-state index contributed by atoms with van der Waals surface area (Å²) in [4.78, 5) is 10.7. The minimum absolute atomic E-state index is 0.295. The molecule has 0 aliphatic heterocycles. The van der Waals surface area contributed by atoms with E-state index in [1.807, 2.05) is 0 Å². The van der Waals surface area contributed by atoms with E-state index in [1.54, 1.807) is 19.1 Å². The second kappa shape index (κ2) is 4.86. The van der Waals surface area contributed by atoms with Gasteiger partial charge in [-0.1, -0.05) is 0 Å². The third-order valence-corrected chi connectivity index (χ3v) is 1.93. The van der Waals surface area contributed by atoms with Gasteiger partial charge in [-0.15, -0.1) is 11.6 Å². The molecule has 0 heterocycles. The maximum Gasteiger partial charge on any atom is 0.335 e. The first kappa shape index (κ1) is 10.9. The van der Waals surface area contributed by atoms with Crippen LogP contribution in [0.5, 0.6) is 5.75 Å². The standard InChI is InChI=1S/C10H11ClO3/c1-7-6-8(14-5-4-11)2-3-9(7)10(12)13/h2-3,6H,4-5H2,1H3,(H,12,13). The average molecular weight is 215 g/mol. The van der Waals surface area contributed by atoms with Gasteiger partial charge in [-0.2, -0.15) is 0 Å². The number of alkyl halides is 1. The molecule has 1 N–H and O–H groups in total. The molecular weight excluding hydrogens is 204 g/mol. The van der Waals surface area contributed by atoms with Crippen LogP contribution in [0, 0.1) is 6.92 Å². The predicted octanol–water partition coefficient (Wildman–Crippen LogP) is 2.31. The highest BCUT2D eigenvalue weighted by Crippen LogP contribution is 2.17. The van der Waals surface area contributed by atoms with Crippen molar-refractivity contribution in [3.8, 4) is 5.75 Å². The minimum atomic E-state index is -0.925. The molecular formula is C10H11ClO3. The number of aryl methyl sites for hydroxylation is 1. The summed E-state index contributed by atoms with van der Waals surface area (Å²) < 4.78 is 5.25. The normalized spacial score (nSPS) is 9.86. The van der Waals surface area contributed by atoms with Crippen LogP contribution < -0.4 is 4.74 Å². The van der Waals surface area contributed by atoms with E-state index in [9.17, 15) is 4.79 Å². The number of benzene rings is 1. The molecule has 1 aromatic carbocycles. The molecule has 4 heteroatoms. The van der Waals surface area contributed by atoms with Crippen molar-refractivity contribution in [2.75, 3.05) is 12.5 Å². The number of ether oxygens (including phenoxy) is 1. The van der Waals surface area contributed by atoms with Gasteiger partial charge in [0.25, 0.3) is 0 Å². The molecule has 0 bridgehead atoms. The van der Waals surface area contributed by atoms with Gasteiger partial charge in [0, 0.05) is 0 Å². The molecule has 1 aromatic rings. The molecule has 0 saturated carbocycles. The van der Waals surface area contributed by atoms with Crippen molar-refractivity contribution in [1.29, 1.82) is 0 Å². The maximum absolute atomic E-state index is 10.7. The zero-order valence-electron chi connectivity index (χ0n) is 7.79. The Kier molecular flexibility index (Phi) is 3.77. The number of carboxylic acids is 1. The number of hydrogen-bond donors (Lipinski definition) is 1. The Bertz CT molecular complexity index is 336. The summed E-state index contributed by atoms with van der Waals surface area (Å²) in [7, 11) is 0. The fourth-order valence-corrected chi connectivity index (χ4v) is 1.20. The first-order valence-corrected chi connectivity index (χ1v) is 4.71. The van der Waals surface area contributed by atoms with Crippen LogP contribution in [0.25, 0.3) is 0 Å². The number of rotatable bonds is 4. The molecule has 0 unspecified atom stereocenters. The van der Waals surface area contributed by atoms with Gasteiger partial charge in [0.1, 0.15) is 12.4 Å². The van der Waals surface area contributed by atoms with Crippen molar-refractivity contribution in [2.24, 2.45) is 0 Å². The maximum atomic E-state index is 10.7. The van der Waals surface area contributed by atoms with E-state index in [-0.39, 0.29) is 0 Å². The molecule has 0 aromatic heterocycles. The van der Waals surface area contributed by atoms with Gasteiger partial charge in [-0.3, -0.25) is 0 Å². The summed E-state index contributed by atoms with van der Waals surface area (Å²) >= 11 is 5.45. The van der Waals surface area contributed by atoms with Crippen molar-refractivity contribution in [1.82, 2.24) is 0 Å². The molecule has 0 aliphatic rings. The molecule has 3 nitrogen and oxygen atoms in total. The van der Waals surface area contributed by atoms with Gasteiger partial charge in [0.2, 0.25) is 0 Å². The van der Waals surface area contributed by atoms with Gasteiger partial charge in [0.15, 0.2) is 0 Å². The molecule has 0 amide bonds. The summed E-state index contributed by atoms with van der Waals surface area (Å²) in [5.41, 5.74) is 0.979. The smallest absolute Gasteiger partial charge is 0.335 e. The Labute approximate surface area is 87.3 Å². The highest BCUT2D eigenvalue weighted by atomic mass is 35.5. The highest BCUT2D eigenvalue weighted by molar-refractivity contribution is 6.18. The van der Waals surface area contributed by atoms with Crippen LogP contribution in [0.2, 0.25) is 0 Å². The quantitative estimate of drug-likeness (QED) is 0.783. The summed E-state index contributed by atoms with van der Waals surface area (Å²) in [5.74, 6) is 0.138. The van der Waals surface area contributed by atoms with Gasteiger partial charge in [-0.05, 0) is 30.7 Å². The van der Waals surface area contributed by atoms with Crippen LogP contribution in [-0.4, -0.2) is 23.6 Å². The largest absolute Gasteiger partial charge is 0.492 e. The van der Waals surface area contributed by atoms with Crippen molar-refractivity contribution in [3.05, 3.63) is 29.3 Å². The predicted molar refractivity (Wildman–Crippen MR) is 54.4 cm³/mol. The zero-order chi connectivity index (χ0) is 10.6. The van der Waals surface area contributed by atoms with Crippen LogP contribution in [0.4, 0.5) is 0 Å². The first-order chi connectivity index (χ1) is 6.65. The second-order valence-electron chi connectivity index (χ2n) is 2.82. The SMILES string of the molecule is Cc1cc(OCCCl)ccc1C(=O)O. The van der Waals surface area contributed by atoms with Gasteiger partial charge >= 0.3 is 5.97 Å². The molecule has 76 valence electrons. The van der Waals surface area contributed by atoms with Gasteiger partial charge in [-0.25, -0.2) is 4.79 Å². The number of carbonyl (C=O) groups is 1. The van der Waals surface area contributed by atoms with E-state index < -0.39 is 5.97 Å². The van der Waals surface area contributed by atoms with E-state index in [2.05, 4.69) is 0 Å². The topological polar surface area (TPSA) is 46.5 Å². The fraction of sp³-hybridized carbons (Fsp3) is 0.300. The summed E-state index contributed by atoms with van der Waals surface area (Å²) in [6.45, 7) is 2.16. The van der Waals surface area contributed by atoms with Crippen molar-refractivity contribution in [2.45, 2.75) is 6.92 Å². The van der Waals surface area contributed by atoms with Crippen molar-refractivity contribution < 1.29 is 14.6 Å². The van der Waals surface area contributed by atoms with Gasteiger partial charge in [0.05, 0.1) is 11.4 Å². The monoisotopic (exact) mass is 214 g/mol. The third kappa shape index (κ3) is 2.64. The molecule has 0 spiro atoms.